The van der Waals surface area contributed by atoms with E-state index in [-0.39, 0.29) is 12.4 Å². The molecule has 0 aromatic heterocycles. The topological polar surface area (TPSA) is 52.7 Å². The van der Waals surface area contributed by atoms with E-state index in [1.54, 1.807) is 8.61 Å². The van der Waals surface area contributed by atoms with E-state index in [9.17, 15) is 8.42 Å². The Morgan fingerprint density at radius 2 is 1.57 bits per heavy atom. The van der Waals surface area contributed by atoms with Crippen LogP contribution in [0.15, 0.2) is 0 Å². The Labute approximate surface area is 147 Å². The molecule has 3 fully saturated rings. The number of hydrogen-bond acceptors (Lipinski definition) is 3. The molecule has 3 aliphatic rings. The summed E-state index contributed by atoms with van der Waals surface area (Å²) in [5, 5.41) is 3.23. The molecule has 1 saturated carbocycles. The van der Waals surface area contributed by atoms with Gasteiger partial charge in [0.25, 0.3) is 10.2 Å². The second kappa shape index (κ2) is 8.00. The van der Waals surface area contributed by atoms with Crippen molar-refractivity contribution in [3.8, 4) is 0 Å². The molecule has 1 spiro atoms. The lowest BCUT2D eigenvalue weighted by Crippen LogP contribution is -2.54. The monoisotopic (exact) mass is 365 g/mol. The zero-order valence-corrected chi connectivity index (χ0v) is 15.9. The van der Waals surface area contributed by atoms with Gasteiger partial charge in [0.1, 0.15) is 0 Å². The van der Waals surface area contributed by atoms with E-state index < -0.39 is 10.2 Å². The third-order valence-corrected chi connectivity index (χ3v) is 8.14. The first kappa shape index (κ1) is 19.4. The van der Waals surface area contributed by atoms with Gasteiger partial charge in [-0.3, -0.25) is 0 Å². The highest BCUT2D eigenvalue weighted by Crippen LogP contribution is 2.45. The summed E-state index contributed by atoms with van der Waals surface area (Å²) in [4.78, 5) is 0. The SMILES string of the molecule is CNC1CCCN(S(=O)(=O)N2CCC3(CCCCC3)CC2)C1.Cl. The third-order valence-electron chi connectivity index (χ3n) is 6.14. The lowest BCUT2D eigenvalue weighted by molar-refractivity contribution is 0.0984. The number of nitrogens with zero attached hydrogens (tertiary/aromatic N) is 2. The van der Waals surface area contributed by atoms with Gasteiger partial charge in [0.15, 0.2) is 0 Å². The Kier molecular flexibility index (Phi) is 6.76. The van der Waals surface area contributed by atoms with E-state index in [4.69, 9.17) is 0 Å². The molecule has 2 saturated heterocycles. The fourth-order valence-electron chi connectivity index (χ4n) is 4.54. The van der Waals surface area contributed by atoms with Crippen LogP contribution in [0.4, 0.5) is 0 Å². The number of nitrogens with one attached hydrogen (secondary N) is 1. The molecule has 136 valence electrons. The van der Waals surface area contributed by atoms with E-state index in [2.05, 4.69) is 5.32 Å². The van der Waals surface area contributed by atoms with Gasteiger partial charge < -0.3 is 5.32 Å². The Morgan fingerprint density at radius 1 is 0.913 bits per heavy atom. The maximum atomic E-state index is 12.9. The van der Waals surface area contributed by atoms with Crippen LogP contribution in [-0.4, -0.2) is 56.3 Å². The van der Waals surface area contributed by atoms with Gasteiger partial charge in [-0.05, 0) is 51.0 Å². The lowest BCUT2D eigenvalue weighted by atomic mass is 9.68. The van der Waals surface area contributed by atoms with Crippen LogP contribution in [0.1, 0.15) is 57.8 Å². The quantitative estimate of drug-likeness (QED) is 0.835. The molecule has 0 aromatic rings. The predicted molar refractivity (Wildman–Crippen MR) is 96.1 cm³/mol. The highest BCUT2D eigenvalue weighted by atomic mass is 35.5. The van der Waals surface area contributed by atoms with Gasteiger partial charge in [-0.25, -0.2) is 0 Å². The molecule has 0 amide bonds. The number of halogens is 1. The molecule has 2 heterocycles. The molecule has 3 rings (SSSR count). The first-order chi connectivity index (χ1) is 10.6. The summed E-state index contributed by atoms with van der Waals surface area (Å²) in [7, 11) is -1.33. The molecular weight excluding hydrogens is 334 g/mol. The summed E-state index contributed by atoms with van der Waals surface area (Å²) in [6.45, 7) is 2.76. The maximum Gasteiger partial charge on any atom is 0.282 e. The van der Waals surface area contributed by atoms with Crippen molar-refractivity contribution in [1.29, 1.82) is 0 Å². The van der Waals surface area contributed by atoms with Gasteiger partial charge in [0, 0.05) is 32.2 Å². The Balaban J connectivity index is 0.00000192. The van der Waals surface area contributed by atoms with Gasteiger partial charge in [-0.1, -0.05) is 19.3 Å². The van der Waals surface area contributed by atoms with Gasteiger partial charge in [0.2, 0.25) is 0 Å². The summed E-state index contributed by atoms with van der Waals surface area (Å²) in [6, 6.07) is 0.304. The van der Waals surface area contributed by atoms with Crippen molar-refractivity contribution in [2.45, 2.75) is 63.8 Å². The first-order valence-electron chi connectivity index (χ1n) is 8.98. The molecule has 0 radical (unpaired) electrons. The number of rotatable bonds is 3. The van der Waals surface area contributed by atoms with Gasteiger partial charge in [-0.15, -0.1) is 12.4 Å². The molecule has 1 atom stereocenters. The maximum absolute atomic E-state index is 12.9. The smallest absolute Gasteiger partial charge is 0.282 e. The summed E-state index contributed by atoms with van der Waals surface area (Å²) < 4.78 is 29.3. The van der Waals surface area contributed by atoms with Crippen molar-refractivity contribution in [3.63, 3.8) is 0 Å². The van der Waals surface area contributed by atoms with Crippen molar-refractivity contribution < 1.29 is 8.42 Å². The molecule has 1 unspecified atom stereocenters. The van der Waals surface area contributed by atoms with E-state index in [1.165, 1.54) is 32.1 Å². The fourth-order valence-corrected chi connectivity index (χ4v) is 6.24. The standard InChI is InChI=1S/C16H31N3O2S.ClH/c1-17-15-6-5-11-19(14-15)22(20,21)18-12-9-16(10-13-18)7-3-2-4-8-16;/h15,17H,2-14H2,1H3;1H. The van der Waals surface area contributed by atoms with Crippen molar-refractivity contribution >= 4 is 22.6 Å². The molecule has 5 nitrogen and oxygen atoms in total. The van der Waals surface area contributed by atoms with Crippen molar-refractivity contribution in [2.75, 3.05) is 33.2 Å². The number of likely N-dealkylation sites (N-methyl/N-ethyl adjacent to an activating group) is 1. The van der Waals surface area contributed by atoms with Gasteiger partial charge in [-0.2, -0.15) is 17.0 Å². The molecule has 1 aliphatic carbocycles. The van der Waals surface area contributed by atoms with Crippen molar-refractivity contribution in [3.05, 3.63) is 0 Å². The van der Waals surface area contributed by atoms with Gasteiger partial charge in [0.05, 0.1) is 0 Å². The summed E-state index contributed by atoms with van der Waals surface area (Å²) >= 11 is 0. The Morgan fingerprint density at radius 3 is 2.17 bits per heavy atom. The first-order valence-corrected chi connectivity index (χ1v) is 10.4. The molecule has 23 heavy (non-hydrogen) atoms. The van der Waals surface area contributed by atoms with Crippen molar-refractivity contribution in [1.82, 2.24) is 13.9 Å². The Hall–Kier alpha value is 0.120. The molecular formula is C16H32ClN3O2S. The molecule has 0 aromatic carbocycles. The van der Waals surface area contributed by atoms with Crippen LogP contribution in [0.2, 0.25) is 0 Å². The summed E-state index contributed by atoms with van der Waals surface area (Å²) in [5.41, 5.74) is 0.458. The lowest BCUT2D eigenvalue weighted by Gasteiger charge is -2.45. The minimum absolute atomic E-state index is 0. The zero-order chi connectivity index (χ0) is 15.6. The summed E-state index contributed by atoms with van der Waals surface area (Å²) in [6.07, 6.45) is 10.8. The normalized spacial score (nSPS) is 30.0. The van der Waals surface area contributed by atoms with Crippen LogP contribution in [-0.2, 0) is 10.2 Å². The van der Waals surface area contributed by atoms with E-state index in [1.807, 2.05) is 7.05 Å². The molecule has 1 N–H and O–H groups in total. The highest BCUT2D eigenvalue weighted by Gasteiger charge is 2.41. The van der Waals surface area contributed by atoms with Crippen molar-refractivity contribution in [2.24, 2.45) is 5.41 Å². The van der Waals surface area contributed by atoms with E-state index in [0.717, 1.165) is 38.8 Å². The highest BCUT2D eigenvalue weighted by molar-refractivity contribution is 7.86. The fraction of sp³-hybridized carbons (Fsp3) is 1.00. The minimum Gasteiger partial charge on any atom is -0.316 e. The van der Waals surface area contributed by atoms with Crippen LogP contribution >= 0.6 is 12.4 Å². The van der Waals surface area contributed by atoms with Crippen LogP contribution in [0, 0.1) is 5.41 Å². The summed E-state index contributed by atoms with van der Waals surface area (Å²) in [5.74, 6) is 0. The second-order valence-electron chi connectivity index (χ2n) is 7.45. The van der Waals surface area contributed by atoms with Crippen LogP contribution in [0.5, 0.6) is 0 Å². The van der Waals surface area contributed by atoms with Crippen LogP contribution < -0.4 is 5.32 Å². The molecule has 7 heteroatoms. The van der Waals surface area contributed by atoms with Crippen LogP contribution in [0.25, 0.3) is 0 Å². The Bertz CT molecular complexity index is 470. The van der Waals surface area contributed by atoms with E-state index >= 15 is 0 Å². The molecule has 2 aliphatic heterocycles. The minimum atomic E-state index is -3.26. The molecule has 0 bridgehead atoms. The second-order valence-corrected chi connectivity index (χ2v) is 9.38. The average molecular weight is 366 g/mol. The van der Waals surface area contributed by atoms with E-state index in [0.29, 0.717) is 24.5 Å². The van der Waals surface area contributed by atoms with Crippen LogP contribution in [0.3, 0.4) is 0 Å². The largest absolute Gasteiger partial charge is 0.316 e. The number of piperidine rings is 2. The van der Waals surface area contributed by atoms with Gasteiger partial charge >= 0.3 is 0 Å². The predicted octanol–water partition coefficient (Wildman–Crippen LogP) is 2.38. The average Bonchev–Trinajstić information content (AvgIpc) is 2.56. The zero-order valence-electron chi connectivity index (χ0n) is 14.3. The number of hydrogen-bond donors (Lipinski definition) is 1. The third kappa shape index (κ3) is 4.21.